The Morgan fingerprint density at radius 3 is 1.63 bits per heavy atom. The van der Waals surface area contributed by atoms with E-state index >= 15 is 0 Å². The van der Waals surface area contributed by atoms with Crippen molar-refractivity contribution in [3.05, 3.63) is 33.4 Å². The maximum atomic E-state index is 12.3. The fourth-order valence-corrected chi connectivity index (χ4v) is 2.44. The van der Waals surface area contributed by atoms with Gasteiger partial charge in [-0.3, -0.25) is 9.59 Å². The van der Waals surface area contributed by atoms with Crippen LogP contribution in [0.15, 0.2) is 0 Å². The first-order valence-corrected chi connectivity index (χ1v) is 6.59. The molecule has 0 spiro atoms. The Morgan fingerprint density at radius 1 is 0.789 bits per heavy atom. The van der Waals surface area contributed by atoms with E-state index in [9.17, 15) is 9.59 Å². The Kier molecular flexibility index (Phi) is 4.87. The summed E-state index contributed by atoms with van der Waals surface area (Å²) in [5.74, 6) is -0.792. The van der Waals surface area contributed by atoms with Crippen molar-refractivity contribution >= 4 is 11.8 Å². The van der Waals surface area contributed by atoms with E-state index in [1.165, 1.54) is 5.56 Å². The second kappa shape index (κ2) is 6.00. The quantitative estimate of drug-likeness (QED) is 0.824. The number of carbonyl (C=O) groups is 2. The molecule has 3 heteroatoms. The number of hydrogen-bond acceptors (Lipinski definition) is 2. The van der Waals surface area contributed by atoms with Gasteiger partial charge in [0.25, 0.3) is 0 Å². The van der Waals surface area contributed by atoms with E-state index in [0.717, 1.165) is 27.8 Å². The summed E-state index contributed by atoms with van der Waals surface area (Å²) >= 11 is 0. The predicted molar refractivity (Wildman–Crippen MR) is 75.9 cm³/mol. The van der Waals surface area contributed by atoms with Crippen LogP contribution in [-0.4, -0.2) is 16.9 Å². The highest BCUT2D eigenvalue weighted by Gasteiger charge is 2.17. The number of rotatable bonds is 5. The molecule has 0 bridgehead atoms. The van der Waals surface area contributed by atoms with Crippen molar-refractivity contribution in [3.8, 4) is 0 Å². The summed E-state index contributed by atoms with van der Waals surface area (Å²) in [5, 5.41) is 8.62. The van der Waals surface area contributed by atoms with Gasteiger partial charge < -0.3 is 5.11 Å². The molecule has 0 heterocycles. The first kappa shape index (κ1) is 15.4. The van der Waals surface area contributed by atoms with Crippen molar-refractivity contribution in [2.75, 3.05) is 0 Å². The molecule has 0 atom stereocenters. The summed E-state index contributed by atoms with van der Waals surface area (Å²) in [4.78, 5) is 22.8. The molecule has 0 aliphatic carbocycles. The summed E-state index contributed by atoms with van der Waals surface area (Å²) < 4.78 is 0. The molecule has 1 rings (SSSR count). The van der Waals surface area contributed by atoms with Gasteiger partial charge in [-0.15, -0.1) is 0 Å². The van der Waals surface area contributed by atoms with Gasteiger partial charge in [0.05, 0.1) is 0 Å². The highest BCUT2D eigenvalue weighted by atomic mass is 16.4. The van der Waals surface area contributed by atoms with Crippen molar-refractivity contribution in [2.45, 2.75) is 53.9 Å². The Labute approximate surface area is 114 Å². The highest BCUT2D eigenvalue weighted by Crippen LogP contribution is 2.27. The zero-order valence-electron chi connectivity index (χ0n) is 12.4. The SMILES string of the molecule is Cc1c(C)c(C)c(C(=O)CCCC(=O)O)c(C)c1C. The van der Waals surface area contributed by atoms with Crippen LogP contribution in [-0.2, 0) is 4.79 Å². The molecule has 1 aromatic rings. The maximum Gasteiger partial charge on any atom is 0.303 e. The van der Waals surface area contributed by atoms with Gasteiger partial charge in [-0.2, -0.15) is 0 Å². The molecule has 0 saturated heterocycles. The van der Waals surface area contributed by atoms with Crippen LogP contribution in [0.2, 0.25) is 0 Å². The minimum absolute atomic E-state index is 0.0493. The molecule has 0 aliphatic rings. The molecule has 0 unspecified atom stereocenters. The number of Topliss-reactive ketones (excluding diaryl/α,β-unsaturated/α-hetero) is 1. The molecular formula is C16H22O3. The van der Waals surface area contributed by atoms with Crippen LogP contribution in [0.1, 0.15) is 57.4 Å². The Hall–Kier alpha value is -1.64. The number of carboxylic acid groups (broad SMARTS) is 1. The van der Waals surface area contributed by atoms with Gasteiger partial charge in [-0.25, -0.2) is 0 Å². The Morgan fingerprint density at radius 2 is 1.21 bits per heavy atom. The molecule has 0 saturated carbocycles. The van der Waals surface area contributed by atoms with E-state index in [-0.39, 0.29) is 12.2 Å². The molecule has 0 aliphatic heterocycles. The number of carboxylic acids is 1. The van der Waals surface area contributed by atoms with Crippen molar-refractivity contribution < 1.29 is 14.7 Å². The Balaban J connectivity index is 3.07. The second-order valence-corrected chi connectivity index (χ2v) is 5.17. The van der Waals surface area contributed by atoms with Crippen LogP contribution in [0, 0.1) is 34.6 Å². The number of benzene rings is 1. The first-order valence-electron chi connectivity index (χ1n) is 6.59. The van der Waals surface area contributed by atoms with Gasteiger partial charge in [-0.1, -0.05) is 0 Å². The van der Waals surface area contributed by atoms with Crippen LogP contribution in [0.5, 0.6) is 0 Å². The smallest absolute Gasteiger partial charge is 0.303 e. The third-order valence-electron chi connectivity index (χ3n) is 4.07. The summed E-state index contributed by atoms with van der Waals surface area (Å²) in [7, 11) is 0. The molecule has 0 radical (unpaired) electrons. The van der Waals surface area contributed by atoms with E-state index in [0.29, 0.717) is 12.8 Å². The van der Waals surface area contributed by atoms with Crippen molar-refractivity contribution in [3.63, 3.8) is 0 Å². The van der Waals surface area contributed by atoms with E-state index in [4.69, 9.17) is 5.11 Å². The lowest BCUT2D eigenvalue weighted by Crippen LogP contribution is -2.10. The average molecular weight is 262 g/mol. The molecule has 1 N–H and O–H groups in total. The fraction of sp³-hybridized carbons (Fsp3) is 0.500. The van der Waals surface area contributed by atoms with Crippen LogP contribution in [0.3, 0.4) is 0 Å². The first-order chi connectivity index (χ1) is 8.77. The zero-order valence-corrected chi connectivity index (χ0v) is 12.4. The van der Waals surface area contributed by atoms with Crippen LogP contribution >= 0.6 is 0 Å². The molecule has 0 amide bonds. The van der Waals surface area contributed by atoms with Crippen molar-refractivity contribution in [1.82, 2.24) is 0 Å². The largest absolute Gasteiger partial charge is 0.481 e. The lowest BCUT2D eigenvalue weighted by Gasteiger charge is -2.17. The van der Waals surface area contributed by atoms with Gasteiger partial charge in [-0.05, 0) is 68.9 Å². The average Bonchev–Trinajstić information content (AvgIpc) is 2.34. The summed E-state index contributed by atoms with van der Waals surface area (Å²) in [5.41, 5.74) is 6.39. The van der Waals surface area contributed by atoms with E-state index in [1.807, 2.05) is 27.7 Å². The molecule has 0 aromatic heterocycles. The lowest BCUT2D eigenvalue weighted by molar-refractivity contribution is -0.137. The number of ketones is 1. The molecular weight excluding hydrogens is 240 g/mol. The van der Waals surface area contributed by atoms with Crippen molar-refractivity contribution in [2.24, 2.45) is 0 Å². The fourth-order valence-electron chi connectivity index (χ4n) is 2.44. The van der Waals surface area contributed by atoms with E-state index < -0.39 is 5.97 Å². The molecule has 3 nitrogen and oxygen atoms in total. The van der Waals surface area contributed by atoms with Crippen LogP contribution < -0.4 is 0 Å². The predicted octanol–water partition coefficient (Wildman–Crippen LogP) is 3.67. The number of hydrogen-bond donors (Lipinski definition) is 1. The topological polar surface area (TPSA) is 54.4 Å². The number of aliphatic carboxylic acids is 1. The van der Waals surface area contributed by atoms with Gasteiger partial charge in [0.2, 0.25) is 0 Å². The highest BCUT2D eigenvalue weighted by molar-refractivity contribution is 5.99. The second-order valence-electron chi connectivity index (χ2n) is 5.17. The van der Waals surface area contributed by atoms with E-state index in [2.05, 4.69) is 6.92 Å². The summed E-state index contributed by atoms with van der Waals surface area (Å²) in [6.45, 7) is 10.1. The maximum absolute atomic E-state index is 12.3. The molecule has 1 aromatic carbocycles. The normalized spacial score (nSPS) is 10.6. The van der Waals surface area contributed by atoms with E-state index in [1.54, 1.807) is 0 Å². The minimum atomic E-state index is -0.850. The molecule has 104 valence electrons. The standard InChI is InChI=1S/C16H22O3/c1-9-10(2)12(4)16(13(5)11(9)3)14(17)7-6-8-15(18)19/h6-8H2,1-5H3,(H,18,19). The third kappa shape index (κ3) is 3.22. The van der Waals surface area contributed by atoms with Gasteiger partial charge in [0, 0.05) is 18.4 Å². The van der Waals surface area contributed by atoms with Gasteiger partial charge in [0.1, 0.15) is 0 Å². The summed E-state index contributed by atoms with van der Waals surface area (Å²) in [6.07, 6.45) is 0.753. The van der Waals surface area contributed by atoms with Crippen LogP contribution in [0.4, 0.5) is 0 Å². The zero-order chi connectivity index (χ0) is 14.7. The van der Waals surface area contributed by atoms with Crippen molar-refractivity contribution in [1.29, 1.82) is 0 Å². The van der Waals surface area contributed by atoms with Gasteiger partial charge in [0.15, 0.2) is 5.78 Å². The van der Waals surface area contributed by atoms with Crippen LogP contribution in [0.25, 0.3) is 0 Å². The van der Waals surface area contributed by atoms with Gasteiger partial charge >= 0.3 is 5.97 Å². The molecule has 0 fully saturated rings. The monoisotopic (exact) mass is 262 g/mol. The Bertz CT molecular complexity index is 498. The molecule has 19 heavy (non-hydrogen) atoms. The minimum Gasteiger partial charge on any atom is -0.481 e. The lowest BCUT2D eigenvalue weighted by atomic mass is 9.87. The number of carbonyl (C=O) groups excluding carboxylic acids is 1. The third-order valence-corrected chi connectivity index (χ3v) is 4.07. The summed E-state index contributed by atoms with van der Waals surface area (Å²) in [6, 6.07) is 0.